The molecule has 0 radical (unpaired) electrons. The fraction of sp³-hybridized carbons (Fsp3) is 0.538. The molecule has 0 saturated heterocycles. The Balaban J connectivity index is 2.60. The van der Waals surface area contributed by atoms with Crippen molar-refractivity contribution in [2.45, 2.75) is 20.4 Å². The molecule has 1 aromatic rings. The van der Waals surface area contributed by atoms with Gasteiger partial charge in [0.1, 0.15) is 0 Å². The van der Waals surface area contributed by atoms with E-state index in [4.69, 9.17) is 5.11 Å². The van der Waals surface area contributed by atoms with Crippen molar-refractivity contribution in [1.82, 2.24) is 9.80 Å². The zero-order chi connectivity index (χ0) is 14.4. The molecule has 6 heteroatoms. The number of carboxylic acid groups (broad SMARTS) is 1. The Morgan fingerprint density at radius 2 is 2.16 bits per heavy atom. The van der Waals surface area contributed by atoms with Gasteiger partial charge in [0, 0.05) is 25.0 Å². The largest absolute Gasteiger partial charge is 0.481 e. The van der Waals surface area contributed by atoms with Gasteiger partial charge >= 0.3 is 12.0 Å². The molecule has 19 heavy (non-hydrogen) atoms. The van der Waals surface area contributed by atoms with Crippen molar-refractivity contribution in [2.24, 2.45) is 5.92 Å². The number of nitrogens with zero attached hydrogens (tertiary/aromatic N) is 2. The maximum atomic E-state index is 12.2. The van der Waals surface area contributed by atoms with Crippen LogP contribution in [-0.2, 0) is 11.3 Å². The topological polar surface area (TPSA) is 60.9 Å². The van der Waals surface area contributed by atoms with Crippen molar-refractivity contribution in [3.8, 4) is 0 Å². The number of urea groups is 1. The number of rotatable bonds is 6. The van der Waals surface area contributed by atoms with Gasteiger partial charge in [-0.25, -0.2) is 4.79 Å². The van der Waals surface area contributed by atoms with Gasteiger partial charge in [-0.15, -0.1) is 11.3 Å². The summed E-state index contributed by atoms with van der Waals surface area (Å²) in [7, 11) is 1.64. The Bertz CT molecular complexity index is 420. The van der Waals surface area contributed by atoms with Crippen LogP contribution in [0.25, 0.3) is 0 Å². The average molecular weight is 284 g/mol. The summed E-state index contributed by atoms with van der Waals surface area (Å²) in [4.78, 5) is 27.3. The van der Waals surface area contributed by atoms with Gasteiger partial charge in [0.2, 0.25) is 0 Å². The van der Waals surface area contributed by atoms with E-state index in [1.807, 2.05) is 24.4 Å². The molecule has 5 nitrogen and oxygen atoms in total. The summed E-state index contributed by atoms with van der Waals surface area (Å²) in [6.07, 6.45) is 0. The molecule has 0 bridgehead atoms. The quantitative estimate of drug-likeness (QED) is 0.872. The van der Waals surface area contributed by atoms with Crippen molar-refractivity contribution in [1.29, 1.82) is 0 Å². The van der Waals surface area contributed by atoms with Gasteiger partial charge in [-0.2, -0.15) is 0 Å². The van der Waals surface area contributed by atoms with Gasteiger partial charge in [0.15, 0.2) is 0 Å². The molecule has 0 spiro atoms. The van der Waals surface area contributed by atoms with Crippen molar-refractivity contribution >= 4 is 23.3 Å². The summed E-state index contributed by atoms with van der Waals surface area (Å²) in [5.41, 5.74) is 0. The van der Waals surface area contributed by atoms with Crippen LogP contribution in [0.5, 0.6) is 0 Å². The molecule has 1 N–H and O–H groups in total. The Morgan fingerprint density at radius 1 is 1.47 bits per heavy atom. The highest BCUT2D eigenvalue weighted by Crippen LogP contribution is 2.13. The van der Waals surface area contributed by atoms with Crippen LogP contribution in [-0.4, -0.2) is 47.0 Å². The minimum Gasteiger partial charge on any atom is -0.481 e. The smallest absolute Gasteiger partial charge is 0.320 e. The van der Waals surface area contributed by atoms with Crippen LogP contribution in [0.3, 0.4) is 0 Å². The third-order valence-corrected chi connectivity index (χ3v) is 3.74. The molecule has 1 rings (SSSR count). The van der Waals surface area contributed by atoms with Gasteiger partial charge in [-0.05, 0) is 18.4 Å². The van der Waals surface area contributed by atoms with E-state index in [0.29, 0.717) is 13.1 Å². The highest BCUT2D eigenvalue weighted by Gasteiger charge is 2.21. The zero-order valence-corrected chi connectivity index (χ0v) is 12.3. The molecule has 2 amide bonds. The fourth-order valence-electron chi connectivity index (χ4n) is 1.71. The van der Waals surface area contributed by atoms with Gasteiger partial charge in [-0.3, -0.25) is 4.79 Å². The molecule has 0 saturated carbocycles. The summed E-state index contributed by atoms with van der Waals surface area (Å²) < 4.78 is 0. The number of carbonyl (C=O) groups is 2. The van der Waals surface area contributed by atoms with Crippen LogP contribution in [0.4, 0.5) is 4.79 Å². The summed E-state index contributed by atoms with van der Waals surface area (Å²) >= 11 is 1.61. The van der Waals surface area contributed by atoms with Crippen LogP contribution in [0, 0.1) is 5.92 Å². The number of carboxylic acids is 1. The minimum atomic E-state index is -0.888. The third kappa shape index (κ3) is 4.55. The summed E-state index contributed by atoms with van der Waals surface area (Å²) in [6.45, 7) is 4.90. The Hall–Kier alpha value is -1.56. The Kier molecular flexibility index (Phi) is 5.82. The monoisotopic (exact) mass is 284 g/mol. The van der Waals surface area contributed by atoms with E-state index < -0.39 is 11.9 Å². The van der Waals surface area contributed by atoms with Gasteiger partial charge < -0.3 is 14.9 Å². The van der Waals surface area contributed by atoms with E-state index in [9.17, 15) is 9.59 Å². The first-order chi connectivity index (χ1) is 8.95. The van der Waals surface area contributed by atoms with E-state index in [2.05, 4.69) is 0 Å². The van der Waals surface area contributed by atoms with Crippen LogP contribution in [0.2, 0.25) is 0 Å². The molecule has 0 aliphatic carbocycles. The van der Waals surface area contributed by atoms with E-state index in [1.54, 1.807) is 30.2 Å². The molecule has 1 unspecified atom stereocenters. The number of thiophene rings is 1. The molecule has 0 fully saturated rings. The summed E-state index contributed by atoms with van der Waals surface area (Å²) in [6, 6.07) is 3.80. The number of aliphatic carboxylic acids is 1. The van der Waals surface area contributed by atoms with Crippen LogP contribution < -0.4 is 0 Å². The van der Waals surface area contributed by atoms with Crippen molar-refractivity contribution < 1.29 is 14.7 Å². The number of amides is 2. The van der Waals surface area contributed by atoms with E-state index in [-0.39, 0.29) is 12.6 Å². The molecular formula is C13H20N2O3S. The number of hydrogen-bond acceptors (Lipinski definition) is 3. The first-order valence-electron chi connectivity index (χ1n) is 6.21. The van der Waals surface area contributed by atoms with E-state index in [0.717, 1.165) is 4.88 Å². The average Bonchev–Trinajstić information content (AvgIpc) is 2.87. The molecule has 1 aromatic heterocycles. The maximum Gasteiger partial charge on any atom is 0.320 e. The molecule has 106 valence electrons. The standard InChI is InChI=1S/C13H20N2O3S/c1-4-15(9-11-6-5-7-19-11)13(18)14(3)8-10(2)12(16)17/h5-7,10H,4,8-9H2,1-3H3,(H,16,17). The second-order valence-corrected chi connectivity index (χ2v) is 5.53. The lowest BCUT2D eigenvalue weighted by Crippen LogP contribution is -2.43. The third-order valence-electron chi connectivity index (χ3n) is 2.87. The van der Waals surface area contributed by atoms with E-state index in [1.165, 1.54) is 4.90 Å². The molecule has 0 aliphatic heterocycles. The number of carbonyl (C=O) groups excluding carboxylic acids is 1. The lowest BCUT2D eigenvalue weighted by atomic mass is 10.2. The predicted octanol–water partition coefficient (Wildman–Crippen LogP) is 2.34. The van der Waals surface area contributed by atoms with Gasteiger partial charge in [-0.1, -0.05) is 13.0 Å². The maximum absolute atomic E-state index is 12.2. The summed E-state index contributed by atoms with van der Waals surface area (Å²) in [5.74, 6) is -1.45. The minimum absolute atomic E-state index is 0.135. The lowest BCUT2D eigenvalue weighted by Gasteiger charge is -2.27. The van der Waals surface area contributed by atoms with Crippen molar-refractivity contribution in [3.63, 3.8) is 0 Å². The predicted molar refractivity (Wildman–Crippen MR) is 75.2 cm³/mol. The van der Waals surface area contributed by atoms with Gasteiger partial charge in [0.25, 0.3) is 0 Å². The lowest BCUT2D eigenvalue weighted by molar-refractivity contribution is -0.141. The second kappa shape index (κ2) is 7.13. The second-order valence-electron chi connectivity index (χ2n) is 4.50. The fourth-order valence-corrected chi connectivity index (χ4v) is 2.43. The molecule has 0 aliphatic rings. The number of hydrogen-bond donors (Lipinski definition) is 1. The highest BCUT2D eigenvalue weighted by atomic mass is 32.1. The molecule has 1 atom stereocenters. The Morgan fingerprint density at radius 3 is 2.63 bits per heavy atom. The van der Waals surface area contributed by atoms with Crippen molar-refractivity contribution in [2.75, 3.05) is 20.1 Å². The molecule has 0 aromatic carbocycles. The van der Waals surface area contributed by atoms with Crippen LogP contribution in [0.15, 0.2) is 17.5 Å². The summed E-state index contributed by atoms with van der Waals surface area (Å²) in [5, 5.41) is 10.8. The van der Waals surface area contributed by atoms with Crippen LogP contribution >= 0.6 is 11.3 Å². The highest BCUT2D eigenvalue weighted by molar-refractivity contribution is 7.09. The van der Waals surface area contributed by atoms with Crippen LogP contribution in [0.1, 0.15) is 18.7 Å². The van der Waals surface area contributed by atoms with Gasteiger partial charge in [0.05, 0.1) is 12.5 Å². The normalized spacial score (nSPS) is 11.9. The zero-order valence-electron chi connectivity index (χ0n) is 11.5. The van der Waals surface area contributed by atoms with Crippen molar-refractivity contribution in [3.05, 3.63) is 22.4 Å². The van der Waals surface area contributed by atoms with E-state index >= 15 is 0 Å². The first kappa shape index (κ1) is 15.5. The Labute approximate surface area is 117 Å². The molecule has 1 heterocycles. The first-order valence-corrected chi connectivity index (χ1v) is 7.08. The SMILES string of the molecule is CCN(Cc1cccs1)C(=O)N(C)CC(C)C(=O)O. The molecular weight excluding hydrogens is 264 g/mol.